The van der Waals surface area contributed by atoms with Crippen molar-refractivity contribution in [3.05, 3.63) is 39.1 Å². The van der Waals surface area contributed by atoms with E-state index in [-0.39, 0.29) is 5.54 Å². The van der Waals surface area contributed by atoms with Crippen molar-refractivity contribution in [1.29, 1.82) is 0 Å². The molecule has 5 heteroatoms. The number of aromatic nitrogens is 1. The lowest BCUT2D eigenvalue weighted by Crippen LogP contribution is -2.51. The Bertz CT molecular complexity index is 617. The minimum absolute atomic E-state index is 0.00767. The maximum Gasteiger partial charge on any atom is 0.113 e. The number of nitrogens with one attached hydrogen (secondary N) is 1. The molecule has 2 heterocycles. The van der Waals surface area contributed by atoms with Gasteiger partial charge in [-0.2, -0.15) is 0 Å². The second-order valence-corrected chi connectivity index (χ2v) is 7.53. The third kappa shape index (κ3) is 3.06. The number of halogens is 1. The Labute approximate surface area is 138 Å². The van der Waals surface area contributed by atoms with Crippen molar-refractivity contribution in [2.24, 2.45) is 0 Å². The summed E-state index contributed by atoms with van der Waals surface area (Å²) in [6, 6.07) is 8.27. The van der Waals surface area contributed by atoms with Crippen LogP contribution in [0.3, 0.4) is 0 Å². The first-order valence-corrected chi connectivity index (χ1v) is 8.93. The third-order valence-electron chi connectivity index (χ3n) is 4.08. The molecule has 0 atom stereocenters. The van der Waals surface area contributed by atoms with Gasteiger partial charge in [0, 0.05) is 41.6 Å². The average Bonchev–Trinajstić information content (AvgIpc) is 2.99. The highest BCUT2D eigenvalue weighted by Crippen LogP contribution is 2.35. The number of rotatable bonds is 3. The molecule has 0 spiro atoms. The molecule has 1 N–H and O–H groups in total. The zero-order valence-electron chi connectivity index (χ0n) is 12.4. The Morgan fingerprint density at radius 1 is 1.24 bits per heavy atom. The van der Waals surface area contributed by atoms with Gasteiger partial charge >= 0.3 is 0 Å². The molecule has 1 aliphatic rings. The molecule has 0 aliphatic carbocycles. The molecule has 1 aromatic carbocycles. The Hall–Kier alpha value is -0.750. The second kappa shape index (κ2) is 6.16. The van der Waals surface area contributed by atoms with E-state index in [1.807, 2.05) is 6.07 Å². The van der Waals surface area contributed by atoms with Crippen molar-refractivity contribution < 1.29 is 0 Å². The van der Waals surface area contributed by atoms with Crippen LogP contribution in [0.2, 0.25) is 0 Å². The lowest BCUT2D eigenvalue weighted by molar-refractivity contribution is 0.102. The van der Waals surface area contributed by atoms with Crippen LogP contribution in [0.1, 0.15) is 18.9 Å². The van der Waals surface area contributed by atoms with Crippen LogP contribution < -0.4 is 5.32 Å². The molecule has 0 bridgehead atoms. The van der Waals surface area contributed by atoms with E-state index in [1.165, 1.54) is 5.01 Å². The SMILES string of the molecule is CC(C)(c1nc(-c2ccccc2Br)cs1)N1CCNCC1. The van der Waals surface area contributed by atoms with Crippen LogP contribution in [-0.4, -0.2) is 36.1 Å². The first-order valence-electron chi connectivity index (χ1n) is 7.26. The lowest BCUT2D eigenvalue weighted by atomic mass is 10.0. The molecule has 3 nitrogen and oxygen atoms in total. The first kappa shape index (κ1) is 15.2. The summed E-state index contributed by atoms with van der Waals surface area (Å²) < 4.78 is 1.10. The second-order valence-electron chi connectivity index (χ2n) is 5.81. The number of piperazine rings is 1. The van der Waals surface area contributed by atoms with Crippen molar-refractivity contribution in [1.82, 2.24) is 15.2 Å². The Morgan fingerprint density at radius 2 is 1.95 bits per heavy atom. The van der Waals surface area contributed by atoms with Gasteiger partial charge in [0.25, 0.3) is 0 Å². The van der Waals surface area contributed by atoms with Gasteiger partial charge in [0.15, 0.2) is 0 Å². The third-order valence-corrected chi connectivity index (χ3v) is 5.93. The topological polar surface area (TPSA) is 28.2 Å². The summed E-state index contributed by atoms with van der Waals surface area (Å²) in [4.78, 5) is 7.43. The Morgan fingerprint density at radius 3 is 2.67 bits per heavy atom. The van der Waals surface area contributed by atoms with Crippen molar-refractivity contribution in [2.45, 2.75) is 19.4 Å². The molecule has 0 amide bonds. The molecule has 1 aromatic heterocycles. The molecule has 2 aromatic rings. The maximum atomic E-state index is 4.91. The molecule has 0 radical (unpaired) electrons. The summed E-state index contributed by atoms with van der Waals surface area (Å²) in [6.07, 6.45) is 0. The highest BCUT2D eigenvalue weighted by molar-refractivity contribution is 9.10. The predicted molar refractivity (Wildman–Crippen MR) is 92.7 cm³/mol. The minimum atomic E-state index is -0.00767. The summed E-state index contributed by atoms with van der Waals surface area (Å²) in [6.45, 7) is 8.84. The molecular weight excluding hydrogens is 346 g/mol. The fraction of sp³-hybridized carbons (Fsp3) is 0.438. The molecule has 1 saturated heterocycles. The Balaban J connectivity index is 1.89. The van der Waals surface area contributed by atoms with Crippen molar-refractivity contribution in [3.63, 3.8) is 0 Å². The van der Waals surface area contributed by atoms with Crippen LogP contribution in [0.4, 0.5) is 0 Å². The summed E-state index contributed by atoms with van der Waals surface area (Å²) >= 11 is 5.37. The zero-order valence-corrected chi connectivity index (χ0v) is 14.8. The van der Waals surface area contributed by atoms with Crippen LogP contribution in [0, 0.1) is 0 Å². The van der Waals surface area contributed by atoms with Crippen molar-refractivity contribution in [3.8, 4) is 11.3 Å². The first-order chi connectivity index (χ1) is 10.1. The molecule has 0 unspecified atom stereocenters. The predicted octanol–water partition coefficient (Wildman–Crippen LogP) is 3.71. The van der Waals surface area contributed by atoms with Gasteiger partial charge in [0.1, 0.15) is 5.01 Å². The van der Waals surface area contributed by atoms with E-state index in [2.05, 4.69) is 63.6 Å². The van der Waals surface area contributed by atoms with Gasteiger partial charge in [-0.1, -0.05) is 34.1 Å². The smallest absolute Gasteiger partial charge is 0.113 e. The molecule has 112 valence electrons. The van der Waals surface area contributed by atoms with E-state index in [0.29, 0.717) is 0 Å². The largest absolute Gasteiger partial charge is 0.314 e. The number of hydrogen-bond donors (Lipinski definition) is 1. The highest BCUT2D eigenvalue weighted by Gasteiger charge is 2.32. The van der Waals surface area contributed by atoms with Crippen LogP contribution in [0.15, 0.2) is 34.1 Å². The summed E-state index contributed by atoms with van der Waals surface area (Å²) in [7, 11) is 0. The molecule has 3 rings (SSSR count). The number of nitrogens with zero attached hydrogens (tertiary/aromatic N) is 2. The lowest BCUT2D eigenvalue weighted by Gasteiger charge is -2.39. The van der Waals surface area contributed by atoms with Gasteiger partial charge in [-0.25, -0.2) is 4.98 Å². The normalized spacial score (nSPS) is 17.1. The monoisotopic (exact) mass is 365 g/mol. The summed E-state index contributed by atoms with van der Waals surface area (Å²) in [5, 5.41) is 6.77. The Kier molecular flexibility index (Phi) is 4.45. The van der Waals surface area contributed by atoms with E-state index in [4.69, 9.17) is 4.98 Å². The van der Waals surface area contributed by atoms with E-state index in [1.54, 1.807) is 11.3 Å². The highest BCUT2D eigenvalue weighted by atomic mass is 79.9. The van der Waals surface area contributed by atoms with Crippen molar-refractivity contribution >= 4 is 27.3 Å². The van der Waals surface area contributed by atoms with E-state index in [9.17, 15) is 0 Å². The van der Waals surface area contributed by atoms with E-state index in [0.717, 1.165) is 41.9 Å². The number of benzene rings is 1. The number of thiazole rings is 1. The van der Waals surface area contributed by atoms with Crippen LogP contribution in [0.25, 0.3) is 11.3 Å². The summed E-state index contributed by atoms with van der Waals surface area (Å²) in [5.74, 6) is 0. The van der Waals surface area contributed by atoms with Crippen LogP contribution in [-0.2, 0) is 5.54 Å². The molecule has 21 heavy (non-hydrogen) atoms. The van der Waals surface area contributed by atoms with Gasteiger partial charge in [0.05, 0.1) is 11.2 Å². The van der Waals surface area contributed by atoms with Gasteiger partial charge in [-0.05, 0) is 19.9 Å². The zero-order chi connectivity index (χ0) is 14.9. The van der Waals surface area contributed by atoms with E-state index >= 15 is 0 Å². The fourth-order valence-electron chi connectivity index (χ4n) is 2.71. The van der Waals surface area contributed by atoms with Gasteiger partial charge in [-0.3, -0.25) is 4.90 Å². The molecule has 1 fully saturated rings. The van der Waals surface area contributed by atoms with Crippen molar-refractivity contribution in [2.75, 3.05) is 26.2 Å². The minimum Gasteiger partial charge on any atom is -0.314 e. The quantitative estimate of drug-likeness (QED) is 0.898. The fourth-order valence-corrected chi connectivity index (χ4v) is 4.17. The maximum absolute atomic E-state index is 4.91. The van der Waals surface area contributed by atoms with Gasteiger partial charge in [-0.15, -0.1) is 11.3 Å². The van der Waals surface area contributed by atoms with Gasteiger partial charge in [0.2, 0.25) is 0 Å². The van der Waals surface area contributed by atoms with Crippen LogP contribution in [0.5, 0.6) is 0 Å². The van der Waals surface area contributed by atoms with Crippen LogP contribution >= 0.6 is 27.3 Å². The molecule has 1 aliphatic heterocycles. The summed E-state index contributed by atoms with van der Waals surface area (Å²) in [5.41, 5.74) is 2.22. The average molecular weight is 366 g/mol. The molecule has 0 saturated carbocycles. The van der Waals surface area contributed by atoms with E-state index < -0.39 is 0 Å². The molecular formula is C16H20BrN3S. The standard InChI is InChI=1S/C16H20BrN3S/c1-16(2,20-9-7-18-8-10-20)15-19-14(11-21-15)12-5-3-4-6-13(12)17/h3-6,11,18H,7-10H2,1-2H3. The number of hydrogen-bond acceptors (Lipinski definition) is 4. The van der Waals surface area contributed by atoms with Gasteiger partial charge < -0.3 is 5.32 Å².